The fourth-order valence-corrected chi connectivity index (χ4v) is 4.27. The predicted molar refractivity (Wildman–Crippen MR) is 150 cm³/mol. The van der Waals surface area contributed by atoms with Crippen LogP contribution in [0.4, 0.5) is 11.4 Å². The molecule has 0 saturated carbocycles. The second-order valence-electron chi connectivity index (χ2n) is 10.2. The molecule has 4 bridgehead atoms. The van der Waals surface area contributed by atoms with Gasteiger partial charge < -0.3 is 15.4 Å². The summed E-state index contributed by atoms with van der Waals surface area (Å²) < 4.78 is 5.68. The Kier molecular flexibility index (Phi) is 10.1. The van der Waals surface area contributed by atoms with Crippen molar-refractivity contribution in [2.75, 3.05) is 6.54 Å². The lowest BCUT2D eigenvalue weighted by Gasteiger charge is -2.35. The first-order valence-corrected chi connectivity index (χ1v) is 13.2. The molecule has 11 heteroatoms. The summed E-state index contributed by atoms with van der Waals surface area (Å²) in [5, 5.41) is 6.82. The Morgan fingerprint density at radius 1 is 1.15 bits per heavy atom. The van der Waals surface area contributed by atoms with E-state index in [2.05, 4.69) is 32.8 Å². The first-order valence-electron chi connectivity index (χ1n) is 13.2. The van der Waals surface area contributed by atoms with Crippen molar-refractivity contribution in [3.63, 3.8) is 0 Å². The number of cyclic esters (lactones) is 1. The molecule has 1 aromatic carbocycles. The minimum atomic E-state index is -0.876. The van der Waals surface area contributed by atoms with Crippen LogP contribution in [0.3, 0.4) is 0 Å². The zero-order valence-corrected chi connectivity index (χ0v) is 23.2. The molecule has 3 amide bonds. The lowest BCUT2D eigenvalue weighted by Crippen LogP contribution is -2.61. The largest absolute Gasteiger partial charge is 0.455 e. The van der Waals surface area contributed by atoms with E-state index in [9.17, 15) is 19.2 Å². The monoisotopic (exact) mass is 538 g/mol. The SMILES string of the molecule is C=Nc1ccc2cc1/N=C(\C)[C@@H](C)OC(=O)[C@@H]1CCCN(N1)C(=O)[C@H](C)NC(=O)[C@H](C(C)C)NC(=O)C/C=C/2. The molecular formula is C28H38N6O5. The molecule has 3 N–H and O–H groups in total. The molecule has 0 aromatic heterocycles. The number of hydrogen-bond acceptors (Lipinski definition) is 8. The molecule has 0 spiro atoms. The topological polar surface area (TPSA) is 142 Å². The molecule has 1 saturated heterocycles. The van der Waals surface area contributed by atoms with Gasteiger partial charge in [0, 0.05) is 13.0 Å². The molecule has 4 atom stereocenters. The van der Waals surface area contributed by atoms with Crippen LogP contribution in [-0.4, -0.2) is 71.9 Å². The summed E-state index contributed by atoms with van der Waals surface area (Å²) in [5.41, 5.74) is 5.39. The predicted octanol–water partition coefficient (Wildman–Crippen LogP) is 2.60. The summed E-state index contributed by atoms with van der Waals surface area (Å²) in [5.74, 6) is -1.88. The quantitative estimate of drug-likeness (QED) is 0.390. The number of benzene rings is 1. The standard InChI is InChI=1S/C28H38N6O5/c1-16(2)25-26(36)31-18(4)27(37)34-14-8-10-22(33-34)28(38)39-19(5)17(3)30-23-15-20(12-13-21(23)29-6)9-7-11-24(35)32-25/h7,9,12-13,15-16,18-19,22,25,33H,6,8,10-11,14H2,1-5H3,(H,31,36)(H,32,35)/b9-7+,30-17+/t18-,19+,22-,25-/m0/s1. The lowest BCUT2D eigenvalue weighted by molar-refractivity contribution is -0.154. The second-order valence-corrected chi connectivity index (χ2v) is 10.2. The molecule has 39 heavy (non-hydrogen) atoms. The highest BCUT2D eigenvalue weighted by molar-refractivity contribution is 5.94. The van der Waals surface area contributed by atoms with Gasteiger partial charge in [-0.15, -0.1) is 0 Å². The van der Waals surface area contributed by atoms with Gasteiger partial charge in [-0.25, -0.2) is 5.43 Å². The Morgan fingerprint density at radius 3 is 2.59 bits per heavy atom. The number of nitrogens with zero attached hydrogens (tertiary/aromatic N) is 3. The Balaban J connectivity index is 1.94. The fourth-order valence-electron chi connectivity index (χ4n) is 4.27. The van der Waals surface area contributed by atoms with Gasteiger partial charge in [0.1, 0.15) is 24.2 Å². The number of ether oxygens (including phenoxy) is 1. The molecule has 2 heterocycles. The Hall–Kier alpha value is -3.86. The fraction of sp³-hybridized carbons (Fsp3) is 0.500. The van der Waals surface area contributed by atoms with Crippen molar-refractivity contribution in [2.45, 2.75) is 78.1 Å². The van der Waals surface area contributed by atoms with E-state index in [1.165, 1.54) is 5.01 Å². The van der Waals surface area contributed by atoms with Crippen molar-refractivity contribution in [1.82, 2.24) is 21.1 Å². The molecule has 0 radical (unpaired) electrons. The molecule has 1 aromatic rings. The molecular weight excluding hydrogens is 500 g/mol. The van der Waals surface area contributed by atoms with Crippen LogP contribution in [0, 0.1) is 5.92 Å². The summed E-state index contributed by atoms with van der Waals surface area (Å²) in [6.07, 6.45) is 3.96. The number of hydrazine groups is 1. The third-order valence-electron chi connectivity index (χ3n) is 6.69. The van der Waals surface area contributed by atoms with Crippen LogP contribution in [0.2, 0.25) is 0 Å². The summed E-state index contributed by atoms with van der Waals surface area (Å²) in [6, 6.07) is 2.97. The van der Waals surface area contributed by atoms with Crippen LogP contribution in [0.15, 0.2) is 34.3 Å². The van der Waals surface area contributed by atoms with Crippen molar-refractivity contribution < 1.29 is 23.9 Å². The van der Waals surface area contributed by atoms with Gasteiger partial charge in [-0.3, -0.25) is 34.2 Å². The van der Waals surface area contributed by atoms with Gasteiger partial charge >= 0.3 is 5.97 Å². The van der Waals surface area contributed by atoms with E-state index in [0.29, 0.717) is 36.5 Å². The lowest BCUT2D eigenvalue weighted by atomic mass is 10.0. The summed E-state index contributed by atoms with van der Waals surface area (Å²) in [4.78, 5) is 60.4. The van der Waals surface area contributed by atoms with Gasteiger partial charge in [0.2, 0.25) is 11.8 Å². The van der Waals surface area contributed by atoms with E-state index < -0.39 is 42.0 Å². The van der Waals surface area contributed by atoms with Gasteiger partial charge in [0.25, 0.3) is 5.91 Å². The molecule has 11 nitrogen and oxygen atoms in total. The van der Waals surface area contributed by atoms with Crippen LogP contribution in [0.5, 0.6) is 0 Å². The van der Waals surface area contributed by atoms with Crippen molar-refractivity contribution in [2.24, 2.45) is 15.9 Å². The second kappa shape index (κ2) is 13.3. The van der Waals surface area contributed by atoms with E-state index in [-0.39, 0.29) is 18.2 Å². The number of hydrogen-bond donors (Lipinski definition) is 3. The maximum absolute atomic E-state index is 13.1. The highest BCUT2D eigenvalue weighted by atomic mass is 16.5. The van der Waals surface area contributed by atoms with Gasteiger partial charge in [0.05, 0.1) is 17.1 Å². The molecule has 2 aliphatic rings. The van der Waals surface area contributed by atoms with E-state index in [4.69, 9.17) is 4.74 Å². The molecule has 0 aliphatic carbocycles. The zero-order valence-electron chi connectivity index (χ0n) is 23.2. The highest BCUT2D eigenvalue weighted by Gasteiger charge is 2.33. The van der Waals surface area contributed by atoms with Crippen LogP contribution in [-0.2, 0) is 23.9 Å². The summed E-state index contributed by atoms with van der Waals surface area (Å²) in [7, 11) is 0. The van der Waals surface area contributed by atoms with Gasteiger partial charge in [-0.2, -0.15) is 0 Å². The maximum atomic E-state index is 13.1. The smallest absolute Gasteiger partial charge is 0.325 e. The molecule has 1 fully saturated rings. The van der Waals surface area contributed by atoms with Crippen molar-refractivity contribution in [3.05, 3.63) is 29.8 Å². The number of carbonyl (C=O) groups excluding carboxylic acids is 4. The van der Waals surface area contributed by atoms with Crippen LogP contribution in [0.25, 0.3) is 6.08 Å². The Morgan fingerprint density at radius 2 is 1.90 bits per heavy atom. The Bertz CT molecular complexity index is 1180. The summed E-state index contributed by atoms with van der Waals surface area (Å²) in [6.45, 7) is 12.7. The third kappa shape index (κ3) is 7.82. The first-order chi connectivity index (χ1) is 18.5. The average molecular weight is 539 g/mol. The molecule has 3 rings (SSSR count). The van der Waals surface area contributed by atoms with Crippen LogP contribution in [0.1, 0.15) is 59.4 Å². The number of fused-ring (bicyclic) bond motifs is 4. The third-order valence-corrected chi connectivity index (χ3v) is 6.69. The van der Waals surface area contributed by atoms with Crippen molar-refractivity contribution in [3.8, 4) is 0 Å². The summed E-state index contributed by atoms with van der Waals surface area (Å²) >= 11 is 0. The number of esters is 1. The number of amides is 3. The highest BCUT2D eigenvalue weighted by Crippen LogP contribution is 2.30. The van der Waals surface area contributed by atoms with Crippen LogP contribution >= 0.6 is 0 Å². The van der Waals surface area contributed by atoms with Gasteiger partial charge in [-0.05, 0) is 63.9 Å². The van der Waals surface area contributed by atoms with Gasteiger partial charge in [-0.1, -0.05) is 32.1 Å². The normalized spacial score (nSPS) is 27.8. The average Bonchev–Trinajstić information content (AvgIpc) is 2.90. The van der Waals surface area contributed by atoms with Crippen LogP contribution < -0.4 is 16.1 Å². The number of aliphatic imine (C=N–C) groups is 2. The van der Waals surface area contributed by atoms with Gasteiger partial charge in [0.15, 0.2) is 0 Å². The Labute approximate surface area is 229 Å². The minimum absolute atomic E-state index is 0.0517. The van der Waals surface area contributed by atoms with E-state index in [0.717, 1.165) is 5.56 Å². The maximum Gasteiger partial charge on any atom is 0.325 e. The van der Waals surface area contributed by atoms with Crippen molar-refractivity contribution >= 4 is 53.6 Å². The number of carbonyl (C=O) groups is 4. The first kappa shape index (κ1) is 29.7. The molecule has 210 valence electrons. The van der Waals surface area contributed by atoms with E-state index >= 15 is 0 Å². The molecule has 0 unspecified atom stereocenters. The number of nitrogens with one attached hydrogen (secondary N) is 3. The zero-order chi connectivity index (χ0) is 28.7. The molecule has 2 aliphatic heterocycles. The minimum Gasteiger partial charge on any atom is -0.455 e. The van der Waals surface area contributed by atoms with E-state index in [1.807, 2.05) is 19.9 Å². The van der Waals surface area contributed by atoms with E-state index in [1.54, 1.807) is 45.1 Å². The number of rotatable bonds is 2. The van der Waals surface area contributed by atoms with Crippen molar-refractivity contribution in [1.29, 1.82) is 0 Å².